The van der Waals surface area contributed by atoms with Crippen molar-refractivity contribution in [2.75, 3.05) is 7.11 Å². The summed E-state index contributed by atoms with van der Waals surface area (Å²) in [6, 6.07) is 0. The van der Waals surface area contributed by atoms with E-state index in [1.165, 1.54) is 13.2 Å². The van der Waals surface area contributed by atoms with Crippen molar-refractivity contribution in [2.24, 2.45) is 0 Å². The molecule has 3 nitrogen and oxygen atoms in total. The van der Waals surface area contributed by atoms with Crippen molar-refractivity contribution in [3.8, 4) is 0 Å². The predicted octanol–water partition coefficient (Wildman–Crippen LogP) is 1.15. The zero-order valence-electron chi connectivity index (χ0n) is 6.39. The molecule has 0 spiro atoms. The fourth-order valence-electron chi connectivity index (χ4n) is 0.458. The summed E-state index contributed by atoms with van der Waals surface area (Å²) in [6.45, 7) is 3.63. The molecule has 0 heterocycles. The second-order valence-corrected chi connectivity index (χ2v) is 2.13. The van der Waals surface area contributed by atoms with Crippen molar-refractivity contribution < 1.29 is 9.53 Å². The average molecular weight is 141 g/mol. The van der Waals surface area contributed by atoms with Crippen molar-refractivity contribution in [1.29, 1.82) is 5.41 Å². The molecule has 0 saturated heterocycles. The highest BCUT2D eigenvalue weighted by Crippen LogP contribution is 1.90. The topological polar surface area (TPSA) is 50.2 Å². The van der Waals surface area contributed by atoms with Gasteiger partial charge in [0.2, 0.25) is 0 Å². The van der Waals surface area contributed by atoms with Gasteiger partial charge < -0.3 is 4.74 Å². The third kappa shape index (κ3) is 3.02. The zero-order chi connectivity index (χ0) is 8.15. The molecule has 0 atom stereocenters. The van der Waals surface area contributed by atoms with Crippen LogP contribution in [0, 0.1) is 5.41 Å². The Kier molecular flexibility index (Phi) is 3.39. The Morgan fingerprint density at radius 2 is 2.00 bits per heavy atom. The lowest BCUT2D eigenvalue weighted by molar-refractivity contribution is -0.132. The van der Waals surface area contributed by atoms with Gasteiger partial charge in [0.05, 0.1) is 7.11 Å². The Labute approximate surface area is 60.2 Å². The summed E-state index contributed by atoms with van der Waals surface area (Å²) >= 11 is 0. The molecule has 0 aromatic heterocycles. The second kappa shape index (κ2) is 3.82. The van der Waals surface area contributed by atoms with Crippen LogP contribution in [-0.2, 0) is 9.53 Å². The number of allylic oxidation sites excluding steroid dienone is 1. The predicted molar refractivity (Wildman–Crippen MR) is 39.2 cm³/mol. The first-order chi connectivity index (χ1) is 4.57. The van der Waals surface area contributed by atoms with E-state index >= 15 is 0 Å². The molecule has 0 aliphatic heterocycles. The van der Waals surface area contributed by atoms with E-state index in [4.69, 9.17) is 5.41 Å². The summed E-state index contributed by atoms with van der Waals surface area (Å²) < 4.78 is 4.30. The Balaban J connectivity index is 4.11. The molecule has 1 N–H and O–H groups in total. The van der Waals surface area contributed by atoms with Crippen LogP contribution in [0.15, 0.2) is 11.6 Å². The summed E-state index contributed by atoms with van der Waals surface area (Å²) in [7, 11) is 1.26. The van der Waals surface area contributed by atoms with Crippen LogP contribution in [-0.4, -0.2) is 18.8 Å². The number of carbonyl (C=O) groups is 1. The number of carbonyl (C=O) groups excluding carboxylic acids is 1. The van der Waals surface area contributed by atoms with Crippen LogP contribution in [0.2, 0.25) is 0 Å². The van der Waals surface area contributed by atoms with Crippen molar-refractivity contribution in [1.82, 2.24) is 0 Å². The van der Waals surface area contributed by atoms with Gasteiger partial charge in [-0.15, -0.1) is 0 Å². The smallest absolute Gasteiger partial charge is 0.355 e. The van der Waals surface area contributed by atoms with Gasteiger partial charge in [0.15, 0.2) is 0 Å². The maximum atomic E-state index is 10.6. The Bertz CT molecular complexity index is 178. The molecule has 0 aromatic carbocycles. The first kappa shape index (κ1) is 8.88. The summed E-state index contributed by atoms with van der Waals surface area (Å²) in [5, 5.41) is 7.07. The minimum absolute atomic E-state index is 0.109. The highest BCUT2D eigenvalue weighted by atomic mass is 16.5. The molecule has 0 saturated carbocycles. The Morgan fingerprint density at radius 1 is 1.50 bits per heavy atom. The van der Waals surface area contributed by atoms with E-state index in [1.807, 2.05) is 13.8 Å². The summed E-state index contributed by atoms with van der Waals surface area (Å²) in [5.41, 5.74) is 0.804. The number of ether oxygens (including phenoxy) is 1. The number of hydrogen-bond acceptors (Lipinski definition) is 3. The highest BCUT2D eigenvalue weighted by molar-refractivity contribution is 6.39. The van der Waals surface area contributed by atoms with Crippen LogP contribution in [0.3, 0.4) is 0 Å². The van der Waals surface area contributed by atoms with Crippen molar-refractivity contribution in [3.05, 3.63) is 11.6 Å². The van der Waals surface area contributed by atoms with Crippen molar-refractivity contribution in [2.45, 2.75) is 13.8 Å². The molecule has 0 unspecified atom stereocenters. The Hall–Kier alpha value is -1.12. The average Bonchev–Trinajstić information content (AvgIpc) is 1.85. The van der Waals surface area contributed by atoms with Gasteiger partial charge in [-0.2, -0.15) is 0 Å². The third-order valence-electron chi connectivity index (χ3n) is 0.838. The van der Waals surface area contributed by atoms with Gasteiger partial charge in [0.25, 0.3) is 0 Å². The summed E-state index contributed by atoms with van der Waals surface area (Å²) in [4.78, 5) is 10.6. The first-order valence-corrected chi connectivity index (χ1v) is 2.89. The van der Waals surface area contributed by atoms with Gasteiger partial charge in [0, 0.05) is 0 Å². The minimum atomic E-state index is -0.596. The first-order valence-electron chi connectivity index (χ1n) is 2.89. The van der Waals surface area contributed by atoms with Gasteiger partial charge in [0.1, 0.15) is 5.71 Å². The SMILES string of the molecule is COC(=O)C(=N)C=C(C)C. The lowest BCUT2D eigenvalue weighted by Gasteiger charge is -1.94. The fraction of sp³-hybridized carbons (Fsp3) is 0.429. The monoisotopic (exact) mass is 141 g/mol. The standard InChI is InChI=1S/C7H11NO2/c1-5(2)4-6(8)7(9)10-3/h4,8H,1-3H3. The molecule has 10 heavy (non-hydrogen) atoms. The largest absolute Gasteiger partial charge is 0.464 e. The molecular weight excluding hydrogens is 130 g/mol. The van der Waals surface area contributed by atoms with Gasteiger partial charge >= 0.3 is 5.97 Å². The quantitative estimate of drug-likeness (QED) is 0.463. The van der Waals surface area contributed by atoms with Crippen LogP contribution in [0.25, 0.3) is 0 Å². The molecule has 0 aliphatic rings. The van der Waals surface area contributed by atoms with Crippen LogP contribution >= 0.6 is 0 Å². The maximum absolute atomic E-state index is 10.6. The number of hydrogen-bond donors (Lipinski definition) is 1. The third-order valence-corrected chi connectivity index (χ3v) is 0.838. The van der Waals surface area contributed by atoms with E-state index < -0.39 is 5.97 Å². The van der Waals surface area contributed by atoms with E-state index in [2.05, 4.69) is 4.74 Å². The van der Waals surface area contributed by atoms with Crippen LogP contribution < -0.4 is 0 Å². The molecule has 0 fully saturated rings. The van der Waals surface area contributed by atoms with E-state index in [0.29, 0.717) is 0 Å². The number of nitrogens with one attached hydrogen (secondary N) is 1. The van der Waals surface area contributed by atoms with Gasteiger partial charge in [-0.1, -0.05) is 5.57 Å². The normalized spacial score (nSPS) is 8.30. The second-order valence-electron chi connectivity index (χ2n) is 2.13. The molecule has 0 aliphatic carbocycles. The van der Waals surface area contributed by atoms with Crippen LogP contribution in [0.5, 0.6) is 0 Å². The molecular formula is C7H11NO2. The van der Waals surface area contributed by atoms with Crippen LogP contribution in [0.4, 0.5) is 0 Å². The Morgan fingerprint density at radius 3 is 2.30 bits per heavy atom. The molecule has 56 valence electrons. The van der Waals surface area contributed by atoms with E-state index in [9.17, 15) is 4.79 Å². The van der Waals surface area contributed by atoms with E-state index in [-0.39, 0.29) is 5.71 Å². The van der Waals surface area contributed by atoms with E-state index in [0.717, 1.165) is 5.57 Å². The molecule has 0 radical (unpaired) electrons. The minimum Gasteiger partial charge on any atom is -0.464 e. The highest BCUT2D eigenvalue weighted by Gasteiger charge is 2.03. The van der Waals surface area contributed by atoms with Gasteiger partial charge in [-0.25, -0.2) is 4.79 Å². The molecule has 0 bridgehead atoms. The van der Waals surface area contributed by atoms with Crippen molar-refractivity contribution >= 4 is 11.7 Å². The number of rotatable bonds is 2. The molecule has 0 aromatic rings. The fourth-order valence-corrected chi connectivity index (χ4v) is 0.458. The number of methoxy groups -OCH3 is 1. The molecule has 0 amide bonds. The van der Waals surface area contributed by atoms with Gasteiger partial charge in [-0.3, -0.25) is 5.41 Å². The molecule has 0 rings (SSSR count). The lowest BCUT2D eigenvalue weighted by Crippen LogP contribution is -2.11. The number of esters is 1. The maximum Gasteiger partial charge on any atom is 0.355 e. The summed E-state index contributed by atoms with van der Waals surface area (Å²) in [5.74, 6) is -0.596. The van der Waals surface area contributed by atoms with E-state index in [1.54, 1.807) is 0 Å². The van der Waals surface area contributed by atoms with Crippen LogP contribution in [0.1, 0.15) is 13.8 Å². The lowest BCUT2D eigenvalue weighted by atomic mass is 10.2. The summed E-state index contributed by atoms with van der Waals surface area (Å²) in [6.07, 6.45) is 1.46. The molecule has 3 heteroatoms. The van der Waals surface area contributed by atoms with Gasteiger partial charge in [-0.05, 0) is 19.9 Å². The van der Waals surface area contributed by atoms with Crippen molar-refractivity contribution in [3.63, 3.8) is 0 Å². The zero-order valence-corrected chi connectivity index (χ0v) is 6.39.